The van der Waals surface area contributed by atoms with Crippen molar-refractivity contribution in [1.82, 2.24) is 0 Å². The fourth-order valence-electron chi connectivity index (χ4n) is 2.19. The van der Waals surface area contributed by atoms with E-state index in [1.54, 1.807) is 18.2 Å². The van der Waals surface area contributed by atoms with Crippen LogP contribution in [-0.2, 0) is 0 Å². The second-order valence-corrected chi connectivity index (χ2v) is 5.80. The van der Waals surface area contributed by atoms with Crippen molar-refractivity contribution >= 4 is 33.2 Å². The molecule has 0 fully saturated rings. The first-order valence-electron chi connectivity index (χ1n) is 6.33. The van der Waals surface area contributed by atoms with Gasteiger partial charge in [0.25, 0.3) is 5.91 Å². The number of halogens is 1. The average molecular weight is 333 g/mol. The lowest BCUT2D eigenvalue weighted by Crippen LogP contribution is -2.15. The molecule has 0 unspecified atom stereocenters. The van der Waals surface area contributed by atoms with Crippen molar-refractivity contribution in [3.8, 4) is 0 Å². The SMILES string of the molecule is Cc1cc(Br)cc(C)c1NC(=O)c1cccc(N)c1C. The zero-order valence-corrected chi connectivity index (χ0v) is 13.3. The molecule has 2 rings (SSSR count). The summed E-state index contributed by atoms with van der Waals surface area (Å²) in [6, 6.07) is 9.33. The van der Waals surface area contributed by atoms with E-state index in [4.69, 9.17) is 5.73 Å². The Morgan fingerprint density at radius 1 is 1.15 bits per heavy atom. The predicted octanol–water partition coefficient (Wildman–Crippen LogP) is 4.21. The normalized spacial score (nSPS) is 10.4. The van der Waals surface area contributed by atoms with Gasteiger partial charge in [0.1, 0.15) is 0 Å². The molecule has 2 aromatic carbocycles. The number of carbonyl (C=O) groups excluding carboxylic acids is 1. The van der Waals surface area contributed by atoms with Gasteiger partial charge in [-0.15, -0.1) is 0 Å². The molecule has 0 bridgehead atoms. The van der Waals surface area contributed by atoms with Crippen LogP contribution in [0.5, 0.6) is 0 Å². The van der Waals surface area contributed by atoms with Gasteiger partial charge in [-0.2, -0.15) is 0 Å². The second kappa shape index (κ2) is 5.67. The topological polar surface area (TPSA) is 55.1 Å². The molecule has 2 aromatic rings. The van der Waals surface area contributed by atoms with Crippen LogP contribution < -0.4 is 11.1 Å². The van der Waals surface area contributed by atoms with Gasteiger partial charge in [0.2, 0.25) is 0 Å². The molecule has 0 saturated heterocycles. The standard InChI is InChI=1S/C16H17BrN2O/c1-9-7-12(17)8-10(2)15(9)19-16(20)13-5-4-6-14(18)11(13)3/h4-8H,18H2,1-3H3,(H,19,20). The Hall–Kier alpha value is -1.81. The first-order chi connectivity index (χ1) is 9.40. The summed E-state index contributed by atoms with van der Waals surface area (Å²) in [5.41, 5.74) is 10.8. The van der Waals surface area contributed by atoms with E-state index >= 15 is 0 Å². The van der Waals surface area contributed by atoms with E-state index in [2.05, 4.69) is 21.2 Å². The van der Waals surface area contributed by atoms with E-state index in [0.29, 0.717) is 11.3 Å². The van der Waals surface area contributed by atoms with Crippen LogP contribution in [0.2, 0.25) is 0 Å². The summed E-state index contributed by atoms with van der Waals surface area (Å²) >= 11 is 3.45. The van der Waals surface area contributed by atoms with Gasteiger partial charge in [0, 0.05) is 21.4 Å². The van der Waals surface area contributed by atoms with Crippen molar-refractivity contribution in [2.24, 2.45) is 0 Å². The predicted molar refractivity (Wildman–Crippen MR) is 87.2 cm³/mol. The minimum atomic E-state index is -0.136. The van der Waals surface area contributed by atoms with Gasteiger partial charge < -0.3 is 11.1 Å². The lowest BCUT2D eigenvalue weighted by atomic mass is 10.0. The van der Waals surface area contributed by atoms with Crippen molar-refractivity contribution < 1.29 is 4.79 Å². The lowest BCUT2D eigenvalue weighted by Gasteiger charge is -2.14. The summed E-state index contributed by atoms with van der Waals surface area (Å²) in [4.78, 5) is 12.4. The molecule has 0 spiro atoms. The van der Waals surface area contributed by atoms with Gasteiger partial charge >= 0.3 is 0 Å². The summed E-state index contributed by atoms with van der Waals surface area (Å²) in [6.07, 6.45) is 0. The minimum Gasteiger partial charge on any atom is -0.398 e. The average Bonchev–Trinajstić information content (AvgIpc) is 2.36. The maximum Gasteiger partial charge on any atom is 0.256 e. The lowest BCUT2D eigenvalue weighted by molar-refractivity contribution is 0.102. The fraction of sp³-hybridized carbons (Fsp3) is 0.188. The number of nitrogen functional groups attached to an aromatic ring is 1. The third kappa shape index (κ3) is 2.85. The van der Waals surface area contributed by atoms with Crippen LogP contribution in [-0.4, -0.2) is 5.91 Å². The van der Waals surface area contributed by atoms with Crippen LogP contribution in [0.4, 0.5) is 11.4 Å². The highest BCUT2D eigenvalue weighted by molar-refractivity contribution is 9.10. The van der Waals surface area contributed by atoms with Crippen LogP contribution in [0.15, 0.2) is 34.8 Å². The summed E-state index contributed by atoms with van der Waals surface area (Å²) in [7, 11) is 0. The van der Waals surface area contributed by atoms with Crippen LogP contribution in [0.3, 0.4) is 0 Å². The van der Waals surface area contributed by atoms with Gasteiger partial charge in [-0.25, -0.2) is 0 Å². The highest BCUT2D eigenvalue weighted by atomic mass is 79.9. The second-order valence-electron chi connectivity index (χ2n) is 4.89. The Labute approximate surface area is 127 Å². The Morgan fingerprint density at radius 2 is 1.75 bits per heavy atom. The summed E-state index contributed by atoms with van der Waals surface area (Å²) < 4.78 is 1.01. The molecule has 0 radical (unpaired) electrons. The Morgan fingerprint density at radius 3 is 2.35 bits per heavy atom. The quantitative estimate of drug-likeness (QED) is 0.809. The van der Waals surface area contributed by atoms with Crippen molar-refractivity contribution in [2.75, 3.05) is 11.1 Å². The van der Waals surface area contributed by atoms with E-state index in [9.17, 15) is 4.79 Å². The van der Waals surface area contributed by atoms with Gasteiger partial charge in [0.05, 0.1) is 0 Å². The molecule has 0 heterocycles. The molecule has 20 heavy (non-hydrogen) atoms. The van der Waals surface area contributed by atoms with E-state index in [0.717, 1.165) is 26.9 Å². The summed E-state index contributed by atoms with van der Waals surface area (Å²) in [5.74, 6) is -0.136. The first kappa shape index (κ1) is 14.6. The molecule has 0 aromatic heterocycles. The number of rotatable bonds is 2. The third-order valence-corrected chi connectivity index (χ3v) is 3.81. The number of anilines is 2. The number of aryl methyl sites for hydroxylation is 2. The van der Waals surface area contributed by atoms with E-state index in [-0.39, 0.29) is 5.91 Å². The van der Waals surface area contributed by atoms with Crippen molar-refractivity contribution in [3.63, 3.8) is 0 Å². The summed E-state index contributed by atoms with van der Waals surface area (Å²) in [6.45, 7) is 5.80. The van der Waals surface area contributed by atoms with E-state index in [1.165, 1.54) is 0 Å². The van der Waals surface area contributed by atoms with Crippen molar-refractivity contribution in [1.29, 1.82) is 0 Å². The van der Waals surface area contributed by atoms with Crippen LogP contribution in [0.25, 0.3) is 0 Å². The van der Waals surface area contributed by atoms with E-state index < -0.39 is 0 Å². The maximum atomic E-state index is 12.4. The van der Waals surface area contributed by atoms with E-state index in [1.807, 2.05) is 32.9 Å². The number of benzene rings is 2. The maximum absolute atomic E-state index is 12.4. The zero-order chi connectivity index (χ0) is 14.9. The zero-order valence-electron chi connectivity index (χ0n) is 11.8. The van der Waals surface area contributed by atoms with Crippen molar-refractivity contribution in [2.45, 2.75) is 20.8 Å². The van der Waals surface area contributed by atoms with Crippen LogP contribution >= 0.6 is 15.9 Å². The van der Waals surface area contributed by atoms with Gasteiger partial charge in [-0.3, -0.25) is 4.79 Å². The summed E-state index contributed by atoms with van der Waals surface area (Å²) in [5, 5.41) is 2.97. The van der Waals surface area contributed by atoms with Crippen molar-refractivity contribution in [3.05, 3.63) is 57.1 Å². The Kier molecular flexibility index (Phi) is 4.14. The largest absolute Gasteiger partial charge is 0.398 e. The molecular weight excluding hydrogens is 316 g/mol. The number of carbonyl (C=O) groups is 1. The van der Waals surface area contributed by atoms with Crippen LogP contribution in [0, 0.1) is 20.8 Å². The monoisotopic (exact) mass is 332 g/mol. The molecule has 0 atom stereocenters. The number of hydrogen-bond acceptors (Lipinski definition) is 2. The molecule has 3 nitrogen and oxygen atoms in total. The molecule has 4 heteroatoms. The molecular formula is C16H17BrN2O. The smallest absolute Gasteiger partial charge is 0.256 e. The fourth-order valence-corrected chi connectivity index (χ4v) is 2.87. The molecule has 1 amide bonds. The number of hydrogen-bond donors (Lipinski definition) is 2. The highest BCUT2D eigenvalue weighted by Crippen LogP contribution is 2.26. The minimum absolute atomic E-state index is 0.136. The number of nitrogens with one attached hydrogen (secondary N) is 1. The molecule has 0 aliphatic heterocycles. The highest BCUT2D eigenvalue weighted by Gasteiger charge is 2.13. The molecule has 0 aliphatic rings. The Bertz CT molecular complexity index is 657. The third-order valence-electron chi connectivity index (χ3n) is 3.36. The molecule has 3 N–H and O–H groups in total. The van der Waals surface area contributed by atoms with Gasteiger partial charge in [-0.05, 0) is 61.7 Å². The molecule has 104 valence electrons. The Balaban J connectivity index is 2.36. The van der Waals surface area contributed by atoms with Gasteiger partial charge in [-0.1, -0.05) is 22.0 Å². The van der Waals surface area contributed by atoms with Crippen LogP contribution in [0.1, 0.15) is 27.0 Å². The molecule has 0 saturated carbocycles. The van der Waals surface area contributed by atoms with Gasteiger partial charge in [0.15, 0.2) is 0 Å². The first-order valence-corrected chi connectivity index (χ1v) is 7.12. The number of amides is 1. The molecule has 0 aliphatic carbocycles. The number of nitrogens with two attached hydrogens (primary N) is 1.